The predicted molar refractivity (Wildman–Crippen MR) is 70.8 cm³/mol. The standard InChI is InChI=1S/C11H21N3O3.ClH/c1-2-4-13-10(15)3-5-14-11(16)9-8-17-7-6-12-9;/h9,12H,2-8H2,1H3,(H,13,15)(H,14,16);1H. The molecule has 1 heterocycles. The molecule has 1 unspecified atom stereocenters. The summed E-state index contributed by atoms with van der Waals surface area (Å²) in [6.07, 6.45) is 1.24. The van der Waals surface area contributed by atoms with Gasteiger partial charge >= 0.3 is 0 Å². The number of ether oxygens (including phenoxy) is 1. The Balaban J connectivity index is 0.00000289. The van der Waals surface area contributed by atoms with E-state index in [1.54, 1.807) is 0 Å². The van der Waals surface area contributed by atoms with Crippen LogP contribution in [0.4, 0.5) is 0 Å². The lowest BCUT2D eigenvalue weighted by atomic mass is 10.2. The summed E-state index contributed by atoms with van der Waals surface area (Å²) in [5.41, 5.74) is 0. The summed E-state index contributed by atoms with van der Waals surface area (Å²) in [5.74, 6) is -0.131. The molecule has 0 radical (unpaired) electrons. The molecule has 0 saturated carbocycles. The van der Waals surface area contributed by atoms with Crippen LogP contribution < -0.4 is 16.0 Å². The predicted octanol–water partition coefficient (Wildman–Crippen LogP) is -0.571. The highest BCUT2D eigenvalue weighted by Crippen LogP contribution is 1.92. The third kappa shape index (κ3) is 6.78. The molecular formula is C11H22ClN3O3. The number of carbonyl (C=O) groups is 2. The van der Waals surface area contributed by atoms with Gasteiger partial charge in [0.1, 0.15) is 6.04 Å². The van der Waals surface area contributed by atoms with Gasteiger partial charge in [-0.3, -0.25) is 9.59 Å². The monoisotopic (exact) mass is 279 g/mol. The lowest BCUT2D eigenvalue weighted by Crippen LogP contribution is -2.51. The van der Waals surface area contributed by atoms with Gasteiger partial charge < -0.3 is 20.7 Å². The first kappa shape index (κ1) is 17.2. The van der Waals surface area contributed by atoms with Crippen LogP contribution in [0.5, 0.6) is 0 Å². The molecule has 0 spiro atoms. The van der Waals surface area contributed by atoms with Crippen LogP contribution >= 0.6 is 12.4 Å². The average Bonchev–Trinajstić information content (AvgIpc) is 2.37. The van der Waals surface area contributed by atoms with Gasteiger partial charge in [-0.25, -0.2) is 0 Å². The molecule has 1 aliphatic rings. The van der Waals surface area contributed by atoms with Crippen LogP contribution in [-0.2, 0) is 14.3 Å². The molecule has 3 N–H and O–H groups in total. The van der Waals surface area contributed by atoms with Gasteiger partial charge in [-0.05, 0) is 6.42 Å². The first-order valence-electron chi connectivity index (χ1n) is 6.09. The van der Waals surface area contributed by atoms with Crippen molar-refractivity contribution >= 4 is 24.2 Å². The summed E-state index contributed by atoms with van der Waals surface area (Å²) in [6, 6.07) is -0.289. The van der Waals surface area contributed by atoms with Crippen molar-refractivity contribution in [3.63, 3.8) is 0 Å². The van der Waals surface area contributed by atoms with Crippen LogP contribution in [0, 0.1) is 0 Å². The van der Waals surface area contributed by atoms with Crippen LogP contribution in [-0.4, -0.2) is 50.7 Å². The summed E-state index contributed by atoms with van der Waals surface area (Å²) < 4.78 is 5.18. The van der Waals surface area contributed by atoms with E-state index < -0.39 is 0 Å². The largest absolute Gasteiger partial charge is 0.378 e. The summed E-state index contributed by atoms with van der Waals surface area (Å²) in [7, 11) is 0. The van der Waals surface area contributed by atoms with E-state index in [1.807, 2.05) is 6.92 Å². The Bertz CT molecular complexity index is 258. The molecule has 1 saturated heterocycles. The number of hydrogen-bond acceptors (Lipinski definition) is 4. The first-order valence-corrected chi connectivity index (χ1v) is 6.09. The smallest absolute Gasteiger partial charge is 0.239 e. The fourth-order valence-corrected chi connectivity index (χ4v) is 1.51. The average molecular weight is 280 g/mol. The van der Waals surface area contributed by atoms with E-state index in [4.69, 9.17) is 4.74 Å². The van der Waals surface area contributed by atoms with E-state index in [-0.39, 0.29) is 30.3 Å². The van der Waals surface area contributed by atoms with Crippen LogP contribution in [0.3, 0.4) is 0 Å². The van der Waals surface area contributed by atoms with E-state index in [9.17, 15) is 9.59 Å². The maximum Gasteiger partial charge on any atom is 0.239 e. The van der Waals surface area contributed by atoms with Crippen molar-refractivity contribution in [1.82, 2.24) is 16.0 Å². The molecule has 0 aromatic rings. The zero-order valence-electron chi connectivity index (χ0n) is 10.7. The molecule has 2 amide bonds. The van der Waals surface area contributed by atoms with Crippen molar-refractivity contribution in [2.24, 2.45) is 0 Å². The first-order chi connectivity index (χ1) is 8.24. The SMILES string of the molecule is CCCNC(=O)CCNC(=O)C1COCCN1.Cl. The van der Waals surface area contributed by atoms with Crippen molar-refractivity contribution in [3.8, 4) is 0 Å². The van der Waals surface area contributed by atoms with Gasteiger partial charge in [0.25, 0.3) is 0 Å². The highest BCUT2D eigenvalue weighted by atomic mass is 35.5. The number of rotatable bonds is 6. The molecule has 1 aliphatic heterocycles. The van der Waals surface area contributed by atoms with Crippen molar-refractivity contribution in [3.05, 3.63) is 0 Å². The van der Waals surface area contributed by atoms with E-state index in [0.717, 1.165) is 6.42 Å². The molecule has 6 nitrogen and oxygen atoms in total. The summed E-state index contributed by atoms with van der Waals surface area (Å²) in [6.45, 7) is 4.78. The quantitative estimate of drug-likeness (QED) is 0.608. The maximum absolute atomic E-state index is 11.6. The number of nitrogens with one attached hydrogen (secondary N) is 3. The molecule has 7 heteroatoms. The number of hydrogen-bond donors (Lipinski definition) is 3. The zero-order chi connectivity index (χ0) is 12.5. The Morgan fingerprint density at radius 2 is 2.11 bits per heavy atom. The molecule has 0 aliphatic carbocycles. The number of amides is 2. The maximum atomic E-state index is 11.6. The lowest BCUT2D eigenvalue weighted by molar-refractivity contribution is -0.126. The second-order valence-electron chi connectivity index (χ2n) is 3.97. The van der Waals surface area contributed by atoms with E-state index in [2.05, 4.69) is 16.0 Å². The molecule has 106 valence electrons. The normalized spacial score (nSPS) is 18.6. The van der Waals surface area contributed by atoms with Gasteiger partial charge in [0.2, 0.25) is 11.8 Å². The second-order valence-corrected chi connectivity index (χ2v) is 3.97. The summed E-state index contributed by atoms with van der Waals surface area (Å²) in [5, 5.41) is 8.53. The van der Waals surface area contributed by atoms with Crippen molar-refractivity contribution in [1.29, 1.82) is 0 Å². The fourth-order valence-electron chi connectivity index (χ4n) is 1.51. The third-order valence-electron chi connectivity index (χ3n) is 2.46. The topological polar surface area (TPSA) is 79.5 Å². The number of halogens is 1. The van der Waals surface area contributed by atoms with Crippen molar-refractivity contribution in [2.75, 3.05) is 32.8 Å². The Morgan fingerprint density at radius 1 is 1.33 bits per heavy atom. The van der Waals surface area contributed by atoms with E-state index in [0.29, 0.717) is 39.3 Å². The Morgan fingerprint density at radius 3 is 2.72 bits per heavy atom. The lowest BCUT2D eigenvalue weighted by Gasteiger charge is -2.22. The van der Waals surface area contributed by atoms with Crippen LogP contribution in [0.25, 0.3) is 0 Å². The number of carbonyl (C=O) groups excluding carboxylic acids is 2. The van der Waals surface area contributed by atoms with Gasteiger partial charge in [0.05, 0.1) is 13.2 Å². The van der Waals surface area contributed by atoms with Gasteiger partial charge in [-0.1, -0.05) is 6.92 Å². The molecule has 1 atom stereocenters. The highest BCUT2D eigenvalue weighted by molar-refractivity contribution is 5.85. The Hall–Kier alpha value is -0.850. The molecule has 0 aromatic heterocycles. The Kier molecular flexibility index (Phi) is 9.63. The molecule has 1 fully saturated rings. The van der Waals surface area contributed by atoms with Gasteiger partial charge in [0, 0.05) is 26.1 Å². The summed E-state index contributed by atoms with van der Waals surface area (Å²) >= 11 is 0. The third-order valence-corrected chi connectivity index (χ3v) is 2.46. The van der Waals surface area contributed by atoms with E-state index >= 15 is 0 Å². The van der Waals surface area contributed by atoms with Crippen molar-refractivity contribution in [2.45, 2.75) is 25.8 Å². The second kappa shape index (κ2) is 10.1. The van der Waals surface area contributed by atoms with Crippen LogP contribution in [0.15, 0.2) is 0 Å². The molecule has 0 aromatic carbocycles. The molecule has 1 rings (SSSR count). The van der Waals surface area contributed by atoms with Gasteiger partial charge in [-0.15, -0.1) is 12.4 Å². The minimum absolute atomic E-state index is 0. The minimum atomic E-state index is -0.289. The molecule has 18 heavy (non-hydrogen) atoms. The Labute approximate surface area is 114 Å². The highest BCUT2D eigenvalue weighted by Gasteiger charge is 2.20. The van der Waals surface area contributed by atoms with Gasteiger partial charge in [-0.2, -0.15) is 0 Å². The summed E-state index contributed by atoms with van der Waals surface area (Å²) in [4.78, 5) is 22.9. The molecular weight excluding hydrogens is 258 g/mol. The van der Waals surface area contributed by atoms with Crippen LogP contribution in [0.2, 0.25) is 0 Å². The minimum Gasteiger partial charge on any atom is -0.378 e. The van der Waals surface area contributed by atoms with Crippen LogP contribution in [0.1, 0.15) is 19.8 Å². The van der Waals surface area contributed by atoms with Crippen molar-refractivity contribution < 1.29 is 14.3 Å². The van der Waals surface area contributed by atoms with Gasteiger partial charge in [0.15, 0.2) is 0 Å². The van der Waals surface area contributed by atoms with E-state index in [1.165, 1.54) is 0 Å². The zero-order valence-corrected chi connectivity index (χ0v) is 11.5. The number of morpholine rings is 1. The fraction of sp³-hybridized carbons (Fsp3) is 0.818. The molecule has 0 bridgehead atoms.